The van der Waals surface area contributed by atoms with E-state index in [9.17, 15) is 4.79 Å². The summed E-state index contributed by atoms with van der Waals surface area (Å²) < 4.78 is 8.45. The van der Waals surface area contributed by atoms with Gasteiger partial charge >= 0.3 is 0 Å². The normalized spacial score (nSPS) is 12.0. The van der Waals surface area contributed by atoms with E-state index >= 15 is 0 Å². The molecule has 5 rings (SSSR count). The second kappa shape index (κ2) is 11.8. The lowest BCUT2D eigenvalue weighted by atomic mass is 9.87. The summed E-state index contributed by atoms with van der Waals surface area (Å²) in [5.41, 5.74) is 5.74. The van der Waals surface area contributed by atoms with E-state index < -0.39 is 0 Å². The number of nitrogens with one attached hydrogen (secondary N) is 1. The largest absolute Gasteiger partial charge is 0.489 e. The number of para-hydroxylation sites is 1. The van der Waals surface area contributed by atoms with Crippen LogP contribution in [-0.4, -0.2) is 16.5 Å². The molecule has 5 aromatic rings. The summed E-state index contributed by atoms with van der Waals surface area (Å²) in [5, 5.41) is 4.26. The fourth-order valence-electron chi connectivity index (χ4n) is 5.00. The molecule has 4 aromatic carbocycles. The van der Waals surface area contributed by atoms with Gasteiger partial charge in [-0.3, -0.25) is 4.79 Å². The highest BCUT2D eigenvalue weighted by Crippen LogP contribution is 2.36. The molecule has 0 aliphatic carbocycles. The number of carbonyl (C=O) groups excluding carboxylic acids is 1. The summed E-state index contributed by atoms with van der Waals surface area (Å²) in [4.78, 5) is 13.1. The van der Waals surface area contributed by atoms with Crippen molar-refractivity contribution in [3.8, 4) is 5.75 Å². The smallest absolute Gasteiger partial charge is 0.221 e. The van der Waals surface area contributed by atoms with E-state index in [1.807, 2.05) is 50.2 Å². The van der Waals surface area contributed by atoms with Crippen molar-refractivity contribution in [2.45, 2.75) is 45.4 Å². The number of hydrogen-bond donors (Lipinski definition) is 1. The Morgan fingerprint density at radius 2 is 1.50 bits per heavy atom. The topological polar surface area (TPSA) is 43.3 Å². The number of nitrogens with zero attached hydrogens (tertiary/aromatic N) is 1. The third-order valence-electron chi connectivity index (χ3n) is 6.74. The van der Waals surface area contributed by atoms with Crippen LogP contribution >= 0.6 is 0 Å². The minimum Gasteiger partial charge on any atom is -0.489 e. The standard InChI is InChI=1S/C34H34N2O2/c1-25(2)35-34(37)21-31(28-16-11-17-29(20-28)38-24-27-14-7-4-8-15-27)32-23-36(22-26-12-5-3-6-13-26)33-19-10-9-18-30(32)33/h3-20,23,25,31H,21-22,24H2,1-2H3,(H,35,37)/t31-/m1/s1. The van der Waals surface area contributed by atoms with Gasteiger partial charge in [-0.25, -0.2) is 0 Å². The molecule has 0 aliphatic rings. The van der Waals surface area contributed by atoms with E-state index in [2.05, 4.69) is 88.9 Å². The highest BCUT2D eigenvalue weighted by atomic mass is 16.5. The Balaban J connectivity index is 1.52. The zero-order valence-corrected chi connectivity index (χ0v) is 22.0. The van der Waals surface area contributed by atoms with E-state index in [4.69, 9.17) is 4.74 Å². The second-order valence-corrected chi connectivity index (χ2v) is 10.0. The van der Waals surface area contributed by atoms with Crippen molar-refractivity contribution in [3.05, 3.63) is 138 Å². The van der Waals surface area contributed by atoms with Crippen LogP contribution in [0.25, 0.3) is 10.9 Å². The first-order valence-electron chi connectivity index (χ1n) is 13.2. The first-order valence-corrected chi connectivity index (χ1v) is 13.2. The molecule has 4 nitrogen and oxygen atoms in total. The maximum absolute atomic E-state index is 13.1. The maximum Gasteiger partial charge on any atom is 0.221 e. The van der Waals surface area contributed by atoms with Gasteiger partial charge in [0.05, 0.1) is 0 Å². The van der Waals surface area contributed by atoms with Gasteiger partial charge in [-0.15, -0.1) is 0 Å². The van der Waals surface area contributed by atoms with Gasteiger partial charge in [-0.1, -0.05) is 91.0 Å². The zero-order chi connectivity index (χ0) is 26.3. The van der Waals surface area contributed by atoms with Crippen molar-refractivity contribution >= 4 is 16.8 Å². The van der Waals surface area contributed by atoms with Gasteiger partial charge in [0.2, 0.25) is 5.91 Å². The van der Waals surface area contributed by atoms with Crippen LogP contribution in [0, 0.1) is 0 Å². The number of fused-ring (bicyclic) bond motifs is 1. The molecule has 38 heavy (non-hydrogen) atoms. The van der Waals surface area contributed by atoms with Gasteiger partial charge in [-0.05, 0) is 54.3 Å². The van der Waals surface area contributed by atoms with Crippen LogP contribution in [0.1, 0.15) is 48.4 Å². The molecular formula is C34H34N2O2. The Morgan fingerprint density at radius 3 is 2.24 bits per heavy atom. The predicted octanol–water partition coefficient (Wildman–Crippen LogP) is 7.32. The van der Waals surface area contributed by atoms with Crippen molar-refractivity contribution in [1.29, 1.82) is 0 Å². The van der Waals surface area contributed by atoms with Crippen LogP contribution in [0.5, 0.6) is 5.75 Å². The van der Waals surface area contributed by atoms with Gasteiger partial charge < -0.3 is 14.6 Å². The van der Waals surface area contributed by atoms with Gasteiger partial charge in [-0.2, -0.15) is 0 Å². The number of ether oxygens (including phenoxy) is 1. The van der Waals surface area contributed by atoms with E-state index in [1.165, 1.54) is 10.9 Å². The third kappa shape index (κ3) is 6.15. The summed E-state index contributed by atoms with van der Waals surface area (Å²) in [6, 6.07) is 37.4. The van der Waals surface area contributed by atoms with E-state index in [0.29, 0.717) is 13.0 Å². The Hall–Kier alpha value is -4.31. The fourth-order valence-corrected chi connectivity index (χ4v) is 5.00. The highest BCUT2D eigenvalue weighted by Gasteiger charge is 2.23. The van der Waals surface area contributed by atoms with E-state index in [1.54, 1.807) is 0 Å². The van der Waals surface area contributed by atoms with Gasteiger partial charge in [0.1, 0.15) is 12.4 Å². The number of amides is 1. The fraction of sp³-hybridized carbons (Fsp3) is 0.206. The molecule has 0 aliphatic heterocycles. The van der Waals surface area contributed by atoms with Crippen molar-refractivity contribution < 1.29 is 9.53 Å². The summed E-state index contributed by atoms with van der Waals surface area (Å²) in [5.74, 6) is 0.727. The molecule has 0 unspecified atom stereocenters. The minimum atomic E-state index is -0.115. The summed E-state index contributed by atoms with van der Waals surface area (Å²) >= 11 is 0. The average molecular weight is 503 g/mol. The zero-order valence-electron chi connectivity index (χ0n) is 22.0. The van der Waals surface area contributed by atoms with Crippen molar-refractivity contribution in [2.75, 3.05) is 0 Å². The van der Waals surface area contributed by atoms with Gasteiger partial charge in [0.15, 0.2) is 0 Å². The lowest BCUT2D eigenvalue weighted by Crippen LogP contribution is -2.31. The van der Waals surface area contributed by atoms with Crippen LogP contribution in [-0.2, 0) is 17.9 Å². The summed E-state index contributed by atoms with van der Waals surface area (Å²) in [6.07, 6.45) is 2.59. The van der Waals surface area contributed by atoms with Crippen LogP contribution in [0.3, 0.4) is 0 Å². The molecule has 0 saturated heterocycles. The number of carbonyl (C=O) groups is 1. The number of benzene rings is 4. The molecule has 0 radical (unpaired) electrons. The molecule has 0 bridgehead atoms. The van der Waals surface area contributed by atoms with Crippen LogP contribution in [0.2, 0.25) is 0 Å². The highest BCUT2D eigenvalue weighted by molar-refractivity contribution is 5.87. The molecule has 4 heteroatoms. The molecule has 1 heterocycles. The Kier molecular flexibility index (Phi) is 7.89. The minimum absolute atomic E-state index is 0.0421. The molecule has 0 fully saturated rings. The first kappa shape index (κ1) is 25.3. The van der Waals surface area contributed by atoms with Crippen LogP contribution in [0.15, 0.2) is 115 Å². The lowest BCUT2D eigenvalue weighted by molar-refractivity contribution is -0.121. The molecule has 1 N–H and O–H groups in total. The number of rotatable bonds is 10. The third-order valence-corrected chi connectivity index (χ3v) is 6.74. The van der Waals surface area contributed by atoms with Crippen LogP contribution in [0.4, 0.5) is 0 Å². The van der Waals surface area contributed by atoms with E-state index in [0.717, 1.165) is 34.5 Å². The van der Waals surface area contributed by atoms with Gasteiger partial charge in [0, 0.05) is 42.0 Å². The number of aromatic nitrogens is 1. The average Bonchev–Trinajstić information content (AvgIpc) is 3.29. The molecule has 1 amide bonds. The van der Waals surface area contributed by atoms with Crippen molar-refractivity contribution in [2.24, 2.45) is 0 Å². The van der Waals surface area contributed by atoms with E-state index in [-0.39, 0.29) is 17.9 Å². The van der Waals surface area contributed by atoms with Crippen molar-refractivity contribution in [1.82, 2.24) is 9.88 Å². The van der Waals surface area contributed by atoms with Crippen molar-refractivity contribution in [3.63, 3.8) is 0 Å². The molecule has 0 saturated carbocycles. The first-order chi connectivity index (χ1) is 18.6. The Labute approximate surface area is 224 Å². The lowest BCUT2D eigenvalue weighted by Gasteiger charge is -2.19. The summed E-state index contributed by atoms with van der Waals surface area (Å²) in [6.45, 7) is 5.26. The maximum atomic E-state index is 13.1. The molecule has 0 spiro atoms. The Morgan fingerprint density at radius 1 is 0.816 bits per heavy atom. The predicted molar refractivity (Wildman–Crippen MR) is 154 cm³/mol. The SMILES string of the molecule is CC(C)NC(=O)C[C@H](c1cccc(OCc2ccccc2)c1)c1cn(Cc2ccccc2)c2ccccc12. The molecular weight excluding hydrogens is 468 g/mol. The molecule has 1 atom stereocenters. The van der Waals surface area contributed by atoms with Crippen LogP contribution < -0.4 is 10.1 Å². The second-order valence-electron chi connectivity index (χ2n) is 10.0. The Bertz CT molecular complexity index is 1490. The summed E-state index contributed by atoms with van der Waals surface area (Å²) in [7, 11) is 0. The number of hydrogen-bond acceptors (Lipinski definition) is 2. The molecule has 1 aromatic heterocycles. The van der Waals surface area contributed by atoms with Gasteiger partial charge in [0.25, 0.3) is 0 Å². The quantitative estimate of drug-likeness (QED) is 0.217. The molecule has 192 valence electrons. The monoisotopic (exact) mass is 502 g/mol.